The minimum absolute atomic E-state index is 0.652. The predicted molar refractivity (Wildman–Crippen MR) is 94.8 cm³/mol. The molecule has 1 aromatic heterocycles. The number of rotatable bonds is 8. The molecule has 0 radical (unpaired) electrons. The molecule has 1 aromatic rings. The predicted octanol–water partition coefficient (Wildman–Crippen LogP) is 3.12. The van der Waals surface area contributed by atoms with Gasteiger partial charge in [-0.1, -0.05) is 44.6 Å². The Labute approximate surface area is 139 Å². The van der Waals surface area contributed by atoms with Gasteiger partial charge < -0.3 is 15.4 Å². The summed E-state index contributed by atoms with van der Waals surface area (Å²) in [4.78, 5) is 8.47. The Morgan fingerprint density at radius 1 is 1.30 bits per heavy atom. The van der Waals surface area contributed by atoms with Crippen molar-refractivity contribution in [3.63, 3.8) is 0 Å². The van der Waals surface area contributed by atoms with Gasteiger partial charge in [0.2, 0.25) is 5.88 Å². The largest absolute Gasteiger partial charge is 0.481 e. The highest BCUT2D eigenvalue weighted by molar-refractivity contribution is 5.79. The third-order valence-corrected chi connectivity index (χ3v) is 4.52. The summed E-state index contributed by atoms with van der Waals surface area (Å²) < 4.78 is 5.26. The smallest absolute Gasteiger partial charge is 0.218 e. The van der Waals surface area contributed by atoms with Crippen molar-refractivity contribution in [3.8, 4) is 5.88 Å². The summed E-state index contributed by atoms with van der Waals surface area (Å²) in [6.45, 7) is 1.62. The van der Waals surface area contributed by atoms with Gasteiger partial charge in [0.25, 0.3) is 0 Å². The second-order valence-electron chi connectivity index (χ2n) is 6.17. The molecule has 2 rings (SSSR count). The molecule has 1 fully saturated rings. The average molecular weight is 318 g/mol. The van der Waals surface area contributed by atoms with Crippen LogP contribution in [0.5, 0.6) is 5.88 Å². The highest BCUT2D eigenvalue weighted by Crippen LogP contribution is 2.28. The summed E-state index contributed by atoms with van der Waals surface area (Å²) in [6.07, 6.45) is 11.4. The van der Waals surface area contributed by atoms with Crippen LogP contribution in [0.25, 0.3) is 0 Å². The highest BCUT2D eigenvalue weighted by Gasteiger charge is 2.13. The molecule has 0 unspecified atom stereocenters. The molecule has 0 spiro atoms. The van der Waals surface area contributed by atoms with Gasteiger partial charge in [-0.2, -0.15) is 0 Å². The number of unbranched alkanes of at least 4 members (excludes halogenated alkanes) is 1. The molecule has 0 saturated heterocycles. The van der Waals surface area contributed by atoms with Crippen LogP contribution in [0, 0.1) is 5.92 Å². The van der Waals surface area contributed by atoms with Crippen molar-refractivity contribution in [2.75, 3.05) is 20.7 Å². The van der Waals surface area contributed by atoms with E-state index in [0.29, 0.717) is 12.4 Å². The lowest BCUT2D eigenvalue weighted by molar-refractivity contribution is 0.392. The van der Waals surface area contributed by atoms with Gasteiger partial charge in [0.15, 0.2) is 5.96 Å². The Morgan fingerprint density at radius 2 is 2.13 bits per heavy atom. The molecule has 5 nitrogen and oxygen atoms in total. The zero-order valence-electron chi connectivity index (χ0n) is 14.5. The maximum atomic E-state index is 5.26. The second kappa shape index (κ2) is 10.1. The quantitative estimate of drug-likeness (QED) is 0.439. The van der Waals surface area contributed by atoms with E-state index in [1.807, 2.05) is 12.1 Å². The van der Waals surface area contributed by atoms with E-state index in [0.717, 1.165) is 24.0 Å². The van der Waals surface area contributed by atoms with Gasteiger partial charge >= 0.3 is 0 Å². The number of hydrogen-bond acceptors (Lipinski definition) is 3. The molecule has 23 heavy (non-hydrogen) atoms. The number of hydrogen-bond donors (Lipinski definition) is 2. The third-order valence-electron chi connectivity index (χ3n) is 4.52. The molecular formula is C18H30N4O. The summed E-state index contributed by atoms with van der Waals surface area (Å²) in [5.41, 5.74) is 1.03. The van der Waals surface area contributed by atoms with Crippen molar-refractivity contribution in [1.82, 2.24) is 15.6 Å². The van der Waals surface area contributed by atoms with Crippen LogP contribution in [0.15, 0.2) is 23.3 Å². The fraction of sp³-hybridized carbons (Fsp3) is 0.667. The molecule has 0 aromatic carbocycles. The van der Waals surface area contributed by atoms with E-state index in [2.05, 4.69) is 20.6 Å². The number of aromatic nitrogens is 1. The molecule has 128 valence electrons. The summed E-state index contributed by atoms with van der Waals surface area (Å²) in [5.74, 6) is 2.48. The second-order valence-corrected chi connectivity index (χ2v) is 6.17. The van der Waals surface area contributed by atoms with Crippen molar-refractivity contribution in [2.24, 2.45) is 10.9 Å². The first kappa shape index (κ1) is 17.6. The molecule has 5 heteroatoms. The fourth-order valence-corrected chi connectivity index (χ4v) is 3.21. The van der Waals surface area contributed by atoms with Gasteiger partial charge in [-0.15, -0.1) is 0 Å². The van der Waals surface area contributed by atoms with E-state index in [4.69, 9.17) is 4.74 Å². The number of methoxy groups -OCH3 is 1. The Morgan fingerprint density at radius 3 is 2.87 bits per heavy atom. The molecule has 0 aliphatic heterocycles. The molecule has 1 saturated carbocycles. The van der Waals surface area contributed by atoms with Crippen LogP contribution in [0.1, 0.15) is 50.5 Å². The van der Waals surface area contributed by atoms with Crippen LogP contribution in [-0.2, 0) is 6.54 Å². The van der Waals surface area contributed by atoms with Gasteiger partial charge in [0.1, 0.15) is 0 Å². The average Bonchev–Trinajstić information content (AvgIpc) is 3.11. The molecule has 1 aliphatic rings. The fourth-order valence-electron chi connectivity index (χ4n) is 3.21. The highest BCUT2D eigenvalue weighted by atomic mass is 16.5. The van der Waals surface area contributed by atoms with Gasteiger partial charge in [-0.05, 0) is 18.4 Å². The maximum absolute atomic E-state index is 5.26. The molecule has 0 bridgehead atoms. The van der Waals surface area contributed by atoms with Crippen LogP contribution in [-0.4, -0.2) is 31.6 Å². The first-order valence-corrected chi connectivity index (χ1v) is 8.76. The van der Waals surface area contributed by atoms with Crippen molar-refractivity contribution < 1.29 is 4.74 Å². The maximum Gasteiger partial charge on any atom is 0.218 e. The van der Waals surface area contributed by atoms with Crippen LogP contribution in [0.4, 0.5) is 0 Å². The van der Waals surface area contributed by atoms with Crippen molar-refractivity contribution in [3.05, 3.63) is 23.9 Å². The van der Waals surface area contributed by atoms with Crippen molar-refractivity contribution in [1.29, 1.82) is 0 Å². The van der Waals surface area contributed by atoms with Crippen LogP contribution in [0.3, 0.4) is 0 Å². The van der Waals surface area contributed by atoms with Crippen molar-refractivity contribution in [2.45, 2.75) is 51.5 Å². The Bertz CT molecular complexity index is 484. The van der Waals surface area contributed by atoms with E-state index in [1.54, 1.807) is 20.4 Å². The SMILES string of the molecule is CN=C(NCCCCC1CCCC1)NCc1cccnc1OC. The number of ether oxygens (including phenoxy) is 1. The number of guanidine groups is 1. The van der Waals surface area contributed by atoms with Gasteiger partial charge in [-0.25, -0.2) is 4.98 Å². The molecule has 2 N–H and O–H groups in total. The molecular weight excluding hydrogens is 288 g/mol. The number of aliphatic imine (C=N–C) groups is 1. The Balaban J connectivity index is 1.63. The molecule has 0 atom stereocenters. The minimum atomic E-state index is 0.652. The lowest BCUT2D eigenvalue weighted by atomic mass is 10.0. The molecule has 0 amide bonds. The van der Waals surface area contributed by atoms with Gasteiger partial charge in [0.05, 0.1) is 7.11 Å². The first-order valence-electron chi connectivity index (χ1n) is 8.76. The standard InChI is InChI=1S/C18H30N4O/c1-19-18(21-12-6-5-10-15-8-3-4-9-15)22-14-16-11-7-13-20-17(16)23-2/h7,11,13,15H,3-6,8-10,12,14H2,1-2H3,(H2,19,21,22). The summed E-state index contributed by atoms with van der Waals surface area (Å²) >= 11 is 0. The third kappa shape index (κ3) is 6.08. The zero-order valence-corrected chi connectivity index (χ0v) is 14.5. The topological polar surface area (TPSA) is 58.5 Å². The zero-order chi connectivity index (χ0) is 16.3. The number of nitrogens with one attached hydrogen (secondary N) is 2. The summed E-state index contributed by atoms with van der Waals surface area (Å²) in [7, 11) is 3.44. The van der Waals surface area contributed by atoms with E-state index in [9.17, 15) is 0 Å². The number of pyridine rings is 1. The molecule has 1 aliphatic carbocycles. The van der Waals surface area contributed by atoms with E-state index >= 15 is 0 Å². The van der Waals surface area contributed by atoms with E-state index in [-0.39, 0.29) is 0 Å². The van der Waals surface area contributed by atoms with Gasteiger partial charge in [0, 0.05) is 31.9 Å². The lowest BCUT2D eigenvalue weighted by Crippen LogP contribution is -2.37. The summed E-state index contributed by atoms with van der Waals surface area (Å²) in [5, 5.41) is 6.69. The van der Waals surface area contributed by atoms with Gasteiger partial charge in [-0.3, -0.25) is 4.99 Å². The van der Waals surface area contributed by atoms with E-state index < -0.39 is 0 Å². The monoisotopic (exact) mass is 318 g/mol. The Kier molecular flexibility index (Phi) is 7.70. The molecule has 1 heterocycles. The number of nitrogens with zero attached hydrogens (tertiary/aromatic N) is 2. The summed E-state index contributed by atoms with van der Waals surface area (Å²) in [6, 6.07) is 3.92. The lowest BCUT2D eigenvalue weighted by Gasteiger charge is -2.13. The van der Waals surface area contributed by atoms with Crippen molar-refractivity contribution >= 4 is 5.96 Å². The first-order chi connectivity index (χ1) is 11.3. The Hall–Kier alpha value is -1.78. The van der Waals surface area contributed by atoms with Crippen LogP contribution < -0.4 is 15.4 Å². The normalized spacial score (nSPS) is 15.7. The minimum Gasteiger partial charge on any atom is -0.481 e. The van der Waals surface area contributed by atoms with E-state index in [1.165, 1.54) is 44.9 Å². The van der Waals surface area contributed by atoms with Crippen LogP contribution >= 0.6 is 0 Å². The van der Waals surface area contributed by atoms with Crippen LogP contribution in [0.2, 0.25) is 0 Å².